The smallest absolute Gasteiger partial charge is 0.294 e. The van der Waals surface area contributed by atoms with Gasteiger partial charge in [-0.05, 0) is 61.5 Å². The first kappa shape index (κ1) is 18.3. The second kappa shape index (κ2) is 6.80. The monoisotopic (exact) mass is 393 g/mol. The number of ketones is 1. The van der Waals surface area contributed by atoms with E-state index in [0.717, 1.165) is 11.1 Å². The highest BCUT2D eigenvalue weighted by molar-refractivity contribution is 7.12. The molecule has 0 radical (unpaired) electrons. The molecule has 0 aliphatic carbocycles. The van der Waals surface area contributed by atoms with Crippen molar-refractivity contribution in [3.63, 3.8) is 0 Å². The van der Waals surface area contributed by atoms with Crippen molar-refractivity contribution in [1.29, 1.82) is 0 Å². The van der Waals surface area contributed by atoms with Gasteiger partial charge in [0.05, 0.1) is 10.5 Å². The number of carbonyl (C=O) groups is 2. The molecule has 0 fully saturated rings. The summed E-state index contributed by atoms with van der Waals surface area (Å²) in [6.45, 7) is 5.67. The van der Waals surface area contributed by atoms with Crippen molar-refractivity contribution in [2.24, 2.45) is 0 Å². The summed E-state index contributed by atoms with van der Waals surface area (Å²) in [4.78, 5) is 28.1. The molecule has 6 heteroatoms. The van der Waals surface area contributed by atoms with Crippen molar-refractivity contribution >= 4 is 28.7 Å². The fraction of sp³-hybridized carbons (Fsp3) is 0.182. The van der Waals surface area contributed by atoms with Crippen LogP contribution in [0.5, 0.6) is 0 Å². The lowest BCUT2D eigenvalue weighted by atomic mass is 9.99. The quantitative estimate of drug-likeness (QED) is 0.630. The number of amides is 1. The summed E-state index contributed by atoms with van der Waals surface area (Å²) in [5.74, 6) is -0.396. The van der Waals surface area contributed by atoms with Crippen LogP contribution in [0.1, 0.15) is 38.4 Å². The van der Waals surface area contributed by atoms with Gasteiger partial charge in [-0.3, -0.25) is 14.5 Å². The topological polar surface area (TPSA) is 70.8 Å². The normalized spacial score (nSPS) is 16.9. The second-order valence-electron chi connectivity index (χ2n) is 6.81. The molecular formula is C22H19NO4S. The van der Waals surface area contributed by atoms with E-state index in [4.69, 9.17) is 4.42 Å². The Balaban J connectivity index is 1.91. The molecule has 0 saturated carbocycles. The van der Waals surface area contributed by atoms with Crippen LogP contribution in [0.15, 0.2) is 63.6 Å². The van der Waals surface area contributed by atoms with Crippen molar-refractivity contribution < 1.29 is 19.1 Å². The van der Waals surface area contributed by atoms with Crippen molar-refractivity contribution in [3.05, 3.63) is 86.7 Å². The number of rotatable bonds is 4. The molecule has 1 aromatic carbocycles. The second-order valence-corrected chi connectivity index (χ2v) is 7.76. The number of Topliss-reactive ketones (excluding diaryl/α,β-unsaturated/α-hetero) is 1. The number of furan rings is 1. The van der Waals surface area contributed by atoms with Crippen LogP contribution in [0.3, 0.4) is 0 Å². The van der Waals surface area contributed by atoms with Crippen LogP contribution >= 0.6 is 11.3 Å². The van der Waals surface area contributed by atoms with Crippen LogP contribution < -0.4 is 4.90 Å². The first-order chi connectivity index (χ1) is 13.4. The predicted octanol–water partition coefficient (Wildman–Crippen LogP) is 5.05. The number of aryl methyl sites for hydroxylation is 2. The van der Waals surface area contributed by atoms with Crippen LogP contribution in [0, 0.1) is 20.8 Å². The predicted molar refractivity (Wildman–Crippen MR) is 108 cm³/mol. The average molecular weight is 393 g/mol. The third-order valence-electron chi connectivity index (χ3n) is 5.06. The molecule has 3 aromatic rings. The number of thiophene rings is 1. The van der Waals surface area contributed by atoms with Crippen LogP contribution in [0.4, 0.5) is 5.69 Å². The van der Waals surface area contributed by atoms with E-state index in [9.17, 15) is 14.7 Å². The number of hydrogen-bond donors (Lipinski definition) is 1. The Morgan fingerprint density at radius 2 is 1.89 bits per heavy atom. The van der Waals surface area contributed by atoms with Gasteiger partial charge in [0.15, 0.2) is 5.76 Å². The van der Waals surface area contributed by atoms with Gasteiger partial charge in [-0.2, -0.15) is 0 Å². The lowest BCUT2D eigenvalue weighted by Gasteiger charge is -2.27. The highest BCUT2D eigenvalue weighted by atomic mass is 32.1. The maximum atomic E-state index is 13.2. The summed E-state index contributed by atoms with van der Waals surface area (Å²) < 4.78 is 5.80. The van der Waals surface area contributed by atoms with E-state index in [1.165, 1.54) is 16.2 Å². The maximum absolute atomic E-state index is 13.2. The van der Waals surface area contributed by atoms with Gasteiger partial charge in [-0.15, -0.1) is 11.3 Å². The molecule has 1 aliphatic heterocycles. The van der Waals surface area contributed by atoms with E-state index < -0.39 is 17.7 Å². The van der Waals surface area contributed by atoms with Gasteiger partial charge in [0.1, 0.15) is 17.6 Å². The van der Waals surface area contributed by atoms with Crippen molar-refractivity contribution in [2.75, 3.05) is 4.90 Å². The largest absolute Gasteiger partial charge is 0.503 e. The molecule has 1 atom stereocenters. The van der Waals surface area contributed by atoms with Crippen molar-refractivity contribution in [2.45, 2.75) is 26.8 Å². The van der Waals surface area contributed by atoms with Crippen molar-refractivity contribution in [1.82, 2.24) is 0 Å². The maximum Gasteiger partial charge on any atom is 0.294 e. The summed E-state index contributed by atoms with van der Waals surface area (Å²) in [5.41, 5.74) is 2.60. The zero-order valence-corrected chi connectivity index (χ0v) is 16.5. The molecular weight excluding hydrogens is 374 g/mol. The molecule has 1 aliphatic rings. The molecule has 1 unspecified atom stereocenters. The molecule has 1 amide bonds. The number of hydrogen-bond acceptors (Lipinski definition) is 5. The van der Waals surface area contributed by atoms with Crippen LogP contribution in [-0.2, 0) is 4.79 Å². The highest BCUT2D eigenvalue weighted by Gasteiger charge is 2.46. The molecule has 3 heterocycles. The van der Waals surface area contributed by atoms with Gasteiger partial charge in [0, 0.05) is 5.69 Å². The average Bonchev–Trinajstić information content (AvgIpc) is 3.39. The number of nitrogens with zero attached hydrogens (tertiary/aromatic N) is 1. The lowest BCUT2D eigenvalue weighted by molar-refractivity contribution is -0.117. The zero-order chi connectivity index (χ0) is 20.0. The standard InChI is InChI=1S/C22H19NO4S/c1-12-6-4-7-15(14(12)3)23-19(16-10-9-13(2)27-16)18(21(25)22(23)26)20(24)17-8-5-11-28-17/h4-11,19,25H,1-3H3. The Morgan fingerprint density at radius 3 is 2.54 bits per heavy atom. The van der Waals surface area contributed by atoms with E-state index in [2.05, 4.69) is 0 Å². The van der Waals surface area contributed by atoms with E-state index in [-0.39, 0.29) is 11.4 Å². The van der Waals surface area contributed by atoms with Gasteiger partial charge < -0.3 is 9.52 Å². The Morgan fingerprint density at radius 1 is 1.11 bits per heavy atom. The molecule has 1 N–H and O–H groups in total. The van der Waals surface area contributed by atoms with Gasteiger partial charge >= 0.3 is 0 Å². The van der Waals surface area contributed by atoms with E-state index in [0.29, 0.717) is 22.1 Å². The van der Waals surface area contributed by atoms with Gasteiger partial charge in [-0.25, -0.2) is 0 Å². The molecule has 2 aromatic heterocycles. The first-order valence-corrected chi connectivity index (χ1v) is 9.75. The summed E-state index contributed by atoms with van der Waals surface area (Å²) >= 11 is 1.27. The minimum Gasteiger partial charge on any atom is -0.503 e. The fourth-order valence-electron chi connectivity index (χ4n) is 3.49. The number of benzene rings is 1. The fourth-order valence-corrected chi connectivity index (χ4v) is 4.17. The third-order valence-corrected chi connectivity index (χ3v) is 5.93. The lowest BCUT2D eigenvalue weighted by Crippen LogP contribution is -2.31. The van der Waals surface area contributed by atoms with Crippen LogP contribution in [0.25, 0.3) is 0 Å². The van der Waals surface area contributed by atoms with Crippen LogP contribution in [0.2, 0.25) is 0 Å². The number of carbonyl (C=O) groups excluding carboxylic acids is 2. The number of aliphatic hydroxyl groups is 1. The SMILES string of the molecule is Cc1ccc(C2C(C(=O)c3cccs3)=C(O)C(=O)N2c2cccc(C)c2C)o1. The Labute approximate surface area is 166 Å². The summed E-state index contributed by atoms with van der Waals surface area (Å²) in [5, 5.41) is 12.5. The van der Waals surface area contributed by atoms with Gasteiger partial charge in [0.2, 0.25) is 5.78 Å². The molecule has 5 nitrogen and oxygen atoms in total. The summed E-state index contributed by atoms with van der Waals surface area (Å²) in [6.07, 6.45) is 0. The molecule has 0 saturated heterocycles. The van der Waals surface area contributed by atoms with Crippen molar-refractivity contribution in [3.8, 4) is 0 Å². The van der Waals surface area contributed by atoms with E-state index >= 15 is 0 Å². The van der Waals surface area contributed by atoms with Crippen LogP contribution in [-0.4, -0.2) is 16.8 Å². The first-order valence-electron chi connectivity index (χ1n) is 8.87. The van der Waals surface area contributed by atoms with E-state index in [1.54, 1.807) is 36.6 Å². The van der Waals surface area contributed by atoms with E-state index in [1.807, 2.05) is 32.0 Å². The summed E-state index contributed by atoms with van der Waals surface area (Å²) in [6, 6.07) is 11.8. The highest BCUT2D eigenvalue weighted by Crippen LogP contribution is 2.44. The van der Waals surface area contributed by atoms with Gasteiger partial charge in [0.25, 0.3) is 5.91 Å². The Hall–Kier alpha value is -3.12. The molecule has 0 bridgehead atoms. The Kier molecular flexibility index (Phi) is 4.43. The number of anilines is 1. The molecule has 4 rings (SSSR count). The number of aliphatic hydroxyl groups excluding tert-OH is 1. The minimum absolute atomic E-state index is 0.0442. The molecule has 142 valence electrons. The van der Waals surface area contributed by atoms with Gasteiger partial charge in [-0.1, -0.05) is 18.2 Å². The summed E-state index contributed by atoms with van der Waals surface area (Å²) in [7, 11) is 0. The molecule has 0 spiro atoms. The Bertz CT molecular complexity index is 1110. The third kappa shape index (κ3) is 2.77. The zero-order valence-electron chi connectivity index (χ0n) is 15.7. The molecule has 28 heavy (non-hydrogen) atoms. The minimum atomic E-state index is -0.823.